The van der Waals surface area contributed by atoms with Gasteiger partial charge in [-0.3, -0.25) is 0 Å². The Morgan fingerprint density at radius 3 is 0.899 bits per heavy atom. The molecule has 613 valence electrons. The molecular formula is C120H88B2BrN4O2. The molecule has 1 aliphatic heterocycles. The monoisotopic (exact) mass is 1720 g/mol. The standard InChI is InChI=1S/C57H38N2.C41H35BO2.C22H15BrN2.B/c1-5-18-41(19-6-1)54-38-55(59-56(58-54)43-20-7-2-8-21-43)42-32-30-40(31-33-42)50-37-53-51(36-49(50)45-34-29-39-17-13-14-22-44(39)35-45)48-27-15-16-28-52(48)57(53,46-23-9-3-10-24-46)47-25-11-4-12-26-47;1-39(2)40(3,4)44-42(43-39)38-27-37-35(26-34(38)30-24-23-28-15-11-12-16-29(28)25-30)33-21-13-14-22-36(33)41(37,31-17-7-5-8-18-31)32-19-9-6-10-20-32;23-19-13-11-17(12-14-19)21-15-20(16-7-3-1-4-8-16)24-22(25-21)18-9-5-2-6-10-18;/h1-38H;5-27H,1-4H3;1-15H;. The maximum absolute atomic E-state index is 6.79. The van der Waals surface area contributed by atoms with Crippen LogP contribution in [0.15, 0.2) is 466 Å². The Bertz CT molecular complexity index is 7270. The van der Waals surface area contributed by atoms with Crippen molar-refractivity contribution < 1.29 is 9.31 Å². The van der Waals surface area contributed by atoms with E-state index >= 15 is 0 Å². The second-order valence-corrected chi connectivity index (χ2v) is 35.1. The van der Waals surface area contributed by atoms with Gasteiger partial charge in [-0.2, -0.15) is 0 Å². The molecule has 0 saturated carbocycles. The molecule has 129 heavy (non-hydrogen) atoms. The van der Waals surface area contributed by atoms with Crippen molar-refractivity contribution in [2.45, 2.75) is 49.7 Å². The number of aromatic nitrogens is 4. The lowest BCUT2D eigenvalue weighted by molar-refractivity contribution is 0.00578. The van der Waals surface area contributed by atoms with Crippen molar-refractivity contribution in [1.29, 1.82) is 0 Å². The molecule has 1 fully saturated rings. The SMILES string of the molecule is Brc1ccc(-c2cc(-c3ccccc3)nc(-c3ccccc3)n2)cc1.CC1(C)OB(c2cc3c(cc2-c2ccc4ccccc4c2)-c2ccccc2C3(c2ccccc2)c2ccccc2)OC1(C)C.[B].c1ccc(-c2cc(-c3ccc(-c4cc5c(cc4-c4ccc6ccccc6c4)-c4ccccc4C5(c4ccccc4)c4ccccc4)cc3)nc(-c3ccccc3)n2)cc1. The van der Waals surface area contributed by atoms with Gasteiger partial charge >= 0.3 is 7.12 Å². The van der Waals surface area contributed by atoms with Crippen LogP contribution in [0.25, 0.3) is 145 Å². The van der Waals surface area contributed by atoms with Gasteiger partial charge in [-0.15, -0.1) is 0 Å². The highest BCUT2D eigenvalue weighted by Gasteiger charge is 2.54. The van der Waals surface area contributed by atoms with E-state index in [0.717, 1.165) is 88.6 Å². The zero-order valence-corrected chi connectivity index (χ0v) is 73.6. The predicted octanol–water partition coefficient (Wildman–Crippen LogP) is 29.4. The molecule has 1 saturated heterocycles. The van der Waals surface area contributed by atoms with Crippen molar-refractivity contribution in [2.24, 2.45) is 0 Å². The number of hydrogen-bond donors (Lipinski definition) is 0. The zero-order valence-electron chi connectivity index (χ0n) is 72.0. The molecule has 20 aromatic rings. The van der Waals surface area contributed by atoms with Crippen LogP contribution in [0.2, 0.25) is 0 Å². The van der Waals surface area contributed by atoms with Crippen LogP contribution in [0.5, 0.6) is 0 Å². The summed E-state index contributed by atoms with van der Waals surface area (Å²) in [6.07, 6.45) is 0. The van der Waals surface area contributed by atoms with Crippen LogP contribution in [0.3, 0.4) is 0 Å². The van der Waals surface area contributed by atoms with Crippen LogP contribution < -0.4 is 5.46 Å². The lowest BCUT2D eigenvalue weighted by Crippen LogP contribution is -2.41. The normalized spacial score (nSPS) is 13.7. The first-order valence-corrected chi connectivity index (χ1v) is 44.6. The van der Waals surface area contributed by atoms with Crippen molar-refractivity contribution in [3.63, 3.8) is 0 Å². The molecule has 0 atom stereocenters. The molecule has 0 spiro atoms. The van der Waals surface area contributed by atoms with Gasteiger partial charge in [0.25, 0.3) is 0 Å². The molecule has 3 heterocycles. The van der Waals surface area contributed by atoms with Crippen LogP contribution in [0, 0.1) is 0 Å². The second-order valence-electron chi connectivity index (χ2n) is 34.2. The fourth-order valence-electron chi connectivity index (χ4n) is 19.2. The average molecular weight is 1720 g/mol. The molecular weight excluding hydrogens is 1630 g/mol. The van der Waals surface area contributed by atoms with Gasteiger partial charge in [-0.25, -0.2) is 19.9 Å². The van der Waals surface area contributed by atoms with Gasteiger partial charge in [0.15, 0.2) is 11.6 Å². The van der Waals surface area contributed by atoms with E-state index in [0.29, 0.717) is 5.82 Å². The van der Waals surface area contributed by atoms with Gasteiger partial charge in [-0.05, 0) is 209 Å². The van der Waals surface area contributed by atoms with E-state index in [2.05, 4.69) is 414 Å². The lowest BCUT2D eigenvalue weighted by Gasteiger charge is -2.34. The van der Waals surface area contributed by atoms with Crippen molar-refractivity contribution in [3.05, 3.63) is 510 Å². The second kappa shape index (κ2) is 34.8. The molecule has 23 rings (SSSR count). The summed E-state index contributed by atoms with van der Waals surface area (Å²) in [4.78, 5) is 19.8. The quantitative estimate of drug-likeness (QED) is 0.101. The molecule has 18 aromatic carbocycles. The molecule has 0 bridgehead atoms. The summed E-state index contributed by atoms with van der Waals surface area (Å²) in [5.41, 5.74) is 31.2. The number of halogens is 1. The fraction of sp³-hybridized carbons (Fsp3) is 0.0667. The number of benzene rings is 18. The minimum Gasteiger partial charge on any atom is -0.399 e. The van der Waals surface area contributed by atoms with Crippen molar-refractivity contribution in [3.8, 4) is 123 Å². The minimum atomic E-state index is -0.514. The third kappa shape index (κ3) is 15.3. The zero-order chi connectivity index (χ0) is 86.3. The van der Waals surface area contributed by atoms with Crippen LogP contribution >= 0.6 is 15.9 Å². The summed E-state index contributed by atoms with van der Waals surface area (Å²) in [6, 6.07) is 165. The highest BCUT2D eigenvalue weighted by Crippen LogP contribution is 2.60. The van der Waals surface area contributed by atoms with Gasteiger partial charge < -0.3 is 9.31 Å². The molecule has 3 aliphatic rings. The molecule has 0 amide bonds. The maximum atomic E-state index is 6.79. The number of hydrogen-bond acceptors (Lipinski definition) is 6. The summed E-state index contributed by atoms with van der Waals surface area (Å²) >= 11 is 3.49. The topological polar surface area (TPSA) is 70.0 Å². The molecule has 6 nitrogen and oxygen atoms in total. The molecule has 3 radical (unpaired) electrons. The van der Waals surface area contributed by atoms with Crippen LogP contribution in [0.4, 0.5) is 0 Å². The minimum absolute atomic E-state index is 0. The van der Waals surface area contributed by atoms with Crippen LogP contribution in [-0.4, -0.2) is 46.7 Å². The van der Waals surface area contributed by atoms with E-state index in [-0.39, 0.29) is 8.41 Å². The van der Waals surface area contributed by atoms with Gasteiger partial charge in [-0.1, -0.05) is 422 Å². The van der Waals surface area contributed by atoms with Crippen LogP contribution in [0.1, 0.15) is 72.2 Å². The average Bonchev–Trinajstić information content (AvgIpc) is 1.54. The Balaban J connectivity index is 0.000000131. The predicted molar refractivity (Wildman–Crippen MR) is 538 cm³/mol. The van der Waals surface area contributed by atoms with E-state index in [4.69, 9.17) is 29.2 Å². The third-order valence-electron chi connectivity index (χ3n) is 26.1. The number of fused-ring (bicyclic) bond motifs is 8. The summed E-state index contributed by atoms with van der Waals surface area (Å²) in [7, 11) is -0.514. The van der Waals surface area contributed by atoms with Crippen molar-refractivity contribution >= 4 is 58.5 Å². The van der Waals surface area contributed by atoms with Gasteiger partial charge in [0.1, 0.15) is 0 Å². The summed E-state index contributed by atoms with van der Waals surface area (Å²) in [5.74, 6) is 1.45. The third-order valence-corrected chi connectivity index (χ3v) is 26.7. The molecule has 2 aromatic heterocycles. The smallest absolute Gasteiger partial charge is 0.399 e. The molecule has 2 aliphatic carbocycles. The van der Waals surface area contributed by atoms with Crippen molar-refractivity contribution in [2.75, 3.05) is 0 Å². The van der Waals surface area contributed by atoms with Gasteiger partial charge in [0.2, 0.25) is 0 Å². The molecule has 0 N–H and O–H groups in total. The lowest BCUT2D eigenvalue weighted by atomic mass is 9.65. The first kappa shape index (κ1) is 82.5. The summed E-state index contributed by atoms with van der Waals surface area (Å²) in [5, 5.41) is 4.90. The number of rotatable bonds is 14. The highest BCUT2D eigenvalue weighted by atomic mass is 79.9. The largest absolute Gasteiger partial charge is 0.495 e. The van der Waals surface area contributed by atoms with Gasteiger partial charge in [0, 0.05) is 46.3 Å². The summed E-state index contributed by atoms with van der Waals surface area (Å²) < 4.78 is 14.6. The maximum Gasteiger partial charge on any atom is 0.495 e. The molecule has 0 unspecified atom stereocenters. The fourth-order valence-corrected chi connectivity index (χ4v) is 19.4. The van der Waals surface area contributed by atoms with Gasteiger partial charge in [0.05, 0.1) is 44.8 Å². The first-order valence-electron chi connectivity index (χ1n) is 43.8. The first-order chi connectivity index (χ1) is 62.8. The Morgan fingerprint density at radius 1 is 0.217 bits per heavy atom. The van der Waals surface area contributed by atoms with Crippen LogP contribution in [-0.2, 0) is 20.1 Å². The van der Waals surface area contributed by atoms with Crippen molar-refractivity contribution in [1.82, 2.24) is 19.9 Å². The Kier molecular flexibility index (Phi) is 22.3. The van der Waals surface area contributed by atoms with E-state index in [9.17, 15) is 0 Å². The highest BCUT2D eigenvalue weighted by molar-refractivity contribution is 9.10. The molecule has 9 heteroatoms. The van der Waals surface area contributed by atoms with E-state index in [1.165, 1.54) is 105 Å². The van der Waals surface area contributed by atoms with E-state index < -0.39 is 29.2 Å². The Labute approximate surface area is 765 Å². The summed E-state index contributed by atoms with van der Waals surface area (Å²) in [6.45, 7) is 8.52. The Morgan fingerprint density at radius 2 is 0.504 bits per heavy atom. The number of nitrogens with zero attached hydrogens (tertiary/aromatic N) is 4. The van der Waals surface area contributed by atoms with E-state index in [1.54, 1.807) is 0 Å². The Hall–Kier alpha value is -14.8. The van der Waals surface area contributed by atoms with E-state index in [1.807, 2.05) is 91.0 Å².